The first-order valence-corrected chi connectivity index (χ1v) is 6.40. The molecule has 20 heavy (non-hydrogen) atoms. The maximum atomic E-state index is 11.8. The minimum atomic E-state index is -0.920. The summed E-state index contributed by atoms with van der Waals surface area (Å²) in [6, 6.07) is 3.42. The summed E-state index contributed by atoms with van der Waals surface area (Å²) in [5.41, 5.74) is 0.0772. The molecule has 0 fully saturated rings. The van der Waals surface area contributed by atoms with Gasteiger partial charge in [0.05, 0.1) is 23.9 Å². The van der Waals surface area contributed by atoms with Gasteiger partial charge in [0.1, 0.15) is 17.9 Å². The fourth-order valence-corrected chi connectivity index (χ4v) is 1.68. The summed E-state index contributed by atoms with van der Waals surface area (Å²) < 4.78 is 12.0. The van der Waals surface area contributed by atoms with Gasteiger partial charge in [0.25, 0.3) is 0 Å². The highest BCUT2D eigenvalue weighted by atomic mass is 16.5. The highest BCUT2D eigenvalue weighted by Crippen LogP contribution is 2.19. The van der Waals surface area contributed by atoms with Crippen molar-refractivity contribution in [3.8, 4) is 5.75 Å². The Hall–Kier alpha value is -2.08. The zero-order valence-corrected chi connectivity index (χ0v) is 11.8. The highest BCUT2D eigenvalue weighted by Gasteiger charge is 2.16. The standard InChI is InChI=1S/C14H18N2O4/c1-4-19-13(17)11-8-15-16-6-5-10(7-12(11)16)20-9-14(2,3)18/h5-8,18H,4,9H2,1-3H3. The molecule has 0 spiro atoms. The van der Waals surface area contributed by atoms with Crippen LogP contribution in [0.3, 0.4) is 0 Å². The Morgan fingerprint density at radius 3 is 2.90 bits per heavy atom. The van der Waals surface area contributed by atoms with E-state index in [2.05, 4.69) is 5.10 Å². The third-order valence-corrected chi connectivity index (χ3v) is 2.58. The molecule has 0 aliphatic rings. The van der Waals surface area contributed by atoms with Crippen molar-refractivity contribution in [1.29, 1.82) is 0 Å². The largest absolute Gasteiger partial charge is 0.490 e. The fourth-order valence-electron chi connectivity index (χ4n) is 1.68. The second kappa shape index (κ2) is 5.50. The van der Waals surface area contributed by atoms with Crippen LogP contribution in [0, 0.1) is 0 Å². The zero-order valence-electron chi connectivity index (χ0n) is 11.8. The maximum Gasteiger partial charge on any atom is 0.341 e. The van der Waals surface area contributed by atoms with Gasteiger partial charge in [-0.25, -0.2) is 9.31 Å². The molecular formula is C14H18N2O4. The van der Waals surface area contributed by atoms with Gasteiger partial charge in [0, 0.05) is 12.3 Å². The summed E-state index contributed by atoms with van der Waals surface area (Å²) >= 11 is 0. The number of hydrogen-bond acceptors (Lipinski definition) is 5. The molecule has 0 unspecified atom stereocenters. The number of aliphatic hydroxyl groups is 1. The third kappa shape index (κ3) is 3.27. The molecule has 2 rings (SSSR count). The molecule has 2 aromatic rings. The minimum absolute atomic E-state index is 0.159. The summed E-state index contributed by atoms with van der Waals surface area (Å²) in [5.74, 6) is 0.146. The predicted molar refractivity (Wildman–Crippen MR) is 72.9 cm³/mol. The van der Waals surface area contributed by atoms with Gasteiger partial charge in [-0.2, -0.15) is 5.10 Å². The van der Waals surface area contributed by atoms with Crippen LogP contribution in [-0.4, -0.2) is 39.5 Å². The lowest BCUT2D eigenvalue weighted by Crippen LogP contribution is -2.27. The molecule has 6 heteroatoms. The van der Waals surface area contributed by atoms with Crippen LogP contribution in [-0.2, 0) is 4.74 Å². The van der Waals surface area contributed by atoms with E-state index in [4.69, 9.17) is 9.47 Å². The van der Waals surface area contributed by atoms with Crippen molar-refractivity contribution in [3.05, 3.63) is 30.1 Å². The van der Waals surface area contributed by atoms with Crippen molar-refractivity contribution in [2.24, 2.45) is 0 Å². The first-order chi connectivity index (χ1) is 9.40. The number of fused-ring (bicyclic) bond motifs is 1. The van der Waals surface area contributed by atoms with E-state index in [-0.39, 0.29) is 6.61 Å². The smallest absolute Gasteiger partial charge is 0.341 e. The van der Waals surface area contributed by atoms with Gasteiger partial charge in [-0.05, 0) is 26.8 Å². The van der Waals surface area contributed by atoms with Gasteiger partial charge in [-0.1, -0.05) is 0 Å². The van der Waals surface area contributed by atoms with Crippen molar-refractivity contribution in [1.82, 2.24) is 9.61 Å². The molecule has 0 aliphatic carbocycles. The molecule has 0 bridgehead atoms. The monoisotopic (exact) mass is 278 g/mol. The van der Waals surface area contributed by atoms with Gasteiger partial charge >= 0.3 is 5.97 Å². The number of carbonyl (C=O) groups is 1. The van der Waals surface area contributed by atoms with Crippen LogP contribution in [0.5, 0.6) is 5.75 Å². The van der Waals surface area contributed by atoms with Crippen molar-refractivity contribution in [2.75, 3.05) is 13.2 Å². The number of hydrogen-bond donors (Lipinski definition) is 1. The summed E-state index contributed by atoms with van der Waals surface area (Å²) in [6.07, 6.45) is 3.16. The molecule has 0 amide bonds. The number of pyridine rings is 1. The van der Waals surface area contributed by atoms with Gasteiger partial charge in [0.15, 0.2) is 0 Å². The second-order valence-electron chi connectivity index (χ2n) is 5.07. The average molecular weight is 278 g/mol. The van der Waals surface area contributed by atoms with Crippen LogP contribution in [0.15, 0.2) is 24.5 Å². The molecular weight excluding hydrogens is 260 g/mol. The molecule has 0 saturated carbocycles. The zero-order chi connectivity index (χ0) is 14.8. The lowest BCUT2D eigenvalue weighted by atomic mass is 10.2. The quantitative estimate of drug-likeness (QED) is 0.842. The predicted octanol–water partition coefficient (Wildman–Crippen LogP) is 1.66. The molecule has 0 atom stereocenters. The van der Waals surface area contributed by atoms with E-state index in [1.807, 2.05) is 0 Å². The van der Waals surface area contributed by atoms with Crippen LogP contribution >= 0.6 is 0 Å². The first-order valence-electron chi connectivity index (χ1n) is 6.40. The Morgan fingerprint density at radius 2 is 2.25 bits per heavy atom. The minimum Gasteiger partial charge on any atom is -0.490 e. The van der Waals surface area contributed by atoms with Crippen LogP contribution in [0.25, 0.3) is 5.52 Å². The maximum absolute atomic E-state index is 11.8. The van der Waals surface area contributed by atoms with E-state index >= 15 is 0 Å². The fraction of sp³-hybridized carbons (Fsp3) is 0.429. The average Bonchev–Trinajstić information content (AvgIpc) is 2.78. The van der Waals surface area contributed by atoms with Gasteiger partial charge in [-0.15, -0.1) is 0 Å². The van der Waals surface area contributed by atoms with Crippen LogP contribution in [0.1, 0.15) is 31.1 Å². The number of ether oxygens (including phenoxy) is 2. The lowest BCUT2D eigenvalue weighted by Gasteiger charge is -2.17. The van der Waals surface area contributed by atoms with Crippen LogP contribution in [0.4, 0.5) is 0 Å². The molecule has 2 aromatic heterocycles. The highest BCUT2D eigenvalue weighted by molar-refractivity contribution is 5.96. The van der Waals surface area contributed by atoms with Gasteiger partial charge in [0.2, 0.25) is 0 Å². The Labute approximate surface area is 116 Å². The molecule has 0 radical (unpaired) electrons. The summed E-state index contributed by atoms with van der Waals surface area (Å²) in [4.78, 5) is 11.8. The van der Waals surface area contributed by atoms with Crippen molar-refractivity contribution < 1.29 is 19.4 Å². The molecule has 1 N–H and O–H groups in total. The van der Waals surface area contributed by atoms with E-state index in [9.17, 15) is 9.90 Å². The Kier molecular flexibility index (Phi) is 3.94. The van der Waals surface area contributed by atoms with Gasteiger partial charge in [-0.3, -0.25) is 0 Å². The van der Waals surface area contributed by atoms with E-state index in [1.165, 1.54) is 6.20 Å². The van der Waals surface area contributed by atoms with Crippen molar-refractivity contribution >= 4 is 11.5 Å². The normalized spacial score (nSPS) is 11.6. The van der Waals surface area contributed by atoms with Crippen molar-refractivity contribution in [3.63, 3.8) is 0 Å². The Balaban J connectivity index is 2.27. The SMILES string of the molecule is CCOC(=O)c1cnn2ccc(OCC(C)(C)O)cc12. The number of aromatic nitrogens is 2. The molecule has 2 heterocycles. The molecule has 108 valence electrons. The summed E-state index contributed by atoms with van der Waals surface area (Å²) in [7, 11) is 0. The van der Waals surface area contributed by atoms with Crippen molar-refractivity contribution in [2.45, 2.75) is 26.4 Å². The molecule has 6 nitrogen and oxygen atoms in total. The molecule has 0 saturated heterocycles. The van der Waals surface area contributed by atoms with Gasteiger partial charge < -0.3 is 14.6 Å². The van der Waals surface area contributed by atoms with E-state index in [0.717, 1.165) is 0 Å². The summed E-state index contributed by atoms with van der Waals surface area (Å²) in [6.45, 7) is 5.54. The number of esters is 1. The topological polar surface area (TPSA) is 73.1 Å². The van der Waals surface area contributed by atoms with Crippen LogP contribution in [0.2, 0.25) is 0 Å². The third-order valence-electron chi connectivity index (χ3n) is 2.58. The lowest BCUT2D eigenvalue weighted by molar-refractivity contribution is 0.0284. The number of rotatable bonds is 5. The second-order valence-corrected chi connectivity index (χ2v) is 5.07. The van der Waals surface area contributed by atoms with E-state index < -0.39 is 11.6 Å². The molecule has 0 aliphatic heterocycles. The Bertz CT molecular complexity index is 613. The Morgan fingerprint density at radius 1 is 1.50 bits per heavy atom. The first kappa shape index (κ1) is 14.3. The van der Waals surface area contributed by atoms with E-state index in [1.54, 1.807) is 43.6 Å². The van der Waals surface area contributed by atoms with E-state index in [0.29, 0.717) is 23.4 Å². The van der Waals surface area contributed by atoms with Crippen LogP contribution < -0.4 is 4.74 Å². The number of carbonyl (C=O) groups excluding carboxylic acids is 1. The number of nitrogens with zero attached hydrogens (tertiary/aromatic N) is 2. The molecule has 0 aromatic carbocycles. The summed E-state index contributed by atoms with van der Waals surface area (Å²) in [5, 5.41) is 13.7.